The van der Waals surface area contributed by atoms with Gasteiger partial charge >= 0.3 is 5.97 Å². The minimum atomic E-state index is -0.750. The molecule has 3 nitrogen and oxygen atoms in total. The number of allylic oxidation sites excluding steroid dienone is 2. The molecule has 94 valence electrons. The lowest BCUT2D eigenvalue weighted by Crippen LogP contribution is -2.42. The maximum absolute atomic E-state index is 11.4. The van der Waals surface area contributed by atoms with Gasteiger partial charge in [0.25, 0.3) is 0 Å². The number of nitrogens with one attached hydrogen (secondary N) is 1. The predicted molar refractivity (Wildman–Crippen MR) is 71.0 cm³/mol. The number of rotatable bonds is 1. The van der Waals surface area contributed by atoms with Crippen LogP contribution in [-0.4, -0.2) is 17.1 Å². The molecule has 2 N–H and O–H groups in total. The maximum atomic E-state index is 11.4. The third-order valence-electron chi connectivity index (χ3n) is 4.33. The van der Waals surface area contributed by atoms with E-state index in [4.69, 9.17) is 0 Å². The van der Waals surface area contributed by atoms with Crippen LogP contribution in [-0.2, 0) is 4.79 Å². The lowest BCUT2D eigenvalue weighted by molar-refractivity contribution is -0.139. The molecule has 1 aromatic carbocycles. The van der Waals surface area contributed by atoms with Crippen molar-refractivity contribution in [2.75, 3.05) is 5.32 Å². The van der Waals surface area contributed by atoms with Gasteiger partial charge in [-0.15, -0.1) is 0 Å². The average molecular weight is 243 g/mol. The second-order valence-electron chi connectivity index (χ2n) is 5.29. The Morgan fingerprint density at radius 2 is 2.17 bits per heavy atom. The van der Waals surface area contributed by atoms with Crippen molar-refractivity contribution in [1.82, 2.24) is 0 Å². The number of carboxylic acids is 1. The summed E-state index contributed by atoms with van der Waals surface area (Å²) in [7, 11) is 0. The van der Waals surface area contributed by atoms with E-state index >= 15 is 0 Å². The highest BCUT2D eigenvalue weighted by molar-refractivity contribution is 5.81. The molecule has 1 aromatic rings. The monoisotopic (exact) mass is 243 g/mol. The molecule has 0 bridgehead atoms. The van der Waals surface area contributed by atoms with Gasteiger partial charge in [-0.25, -0.2) is 4.79 Å². The fourth-order valence-corrected chi connectivity index (χ4v) is 3.16. The zero-order valence-electron chi connectivity index (χ0n) is 10.6. The first-order valence-electron chi connectivity index (χ1n) is 6.35. The van der Waals surface area contributed by atoms with E-state index in [9.17, 15) is 9.90 Å². The number of aliphatic carboxylic acids is 1. The van der Waals surface area contributed by atoms with Crippen molar-refractivity contribution in [3.8, 4) is 0 Å². The van der Waals surface area contributed by atoms with Crippen LogP contribution < -0.4 is 5.32 Å². The van der Waals surface area contributed by atoms with Crippen LogP contribution in [0.25, 0.3) is 0 Å². The number of anilines is 1. The molecular weight excluding hydrogens is 226 g/mol. The smallest absolute Gasteiger partial charge is 0.326 e. The quantitative estimate of drug-likeness (QED) is 0.746. The topological polar surface area (TPSA) is 49.3 Å². The summed E-state index contributed by atoms with van der Waals surface area (Å²) >= 11 is 0. The van der Waals surface area contributed by atoms with Gasteiger partial charge in [0.2, 0.25) is 0 Å². The van der Waals surface area contributed by atoms with Gasteiger partial charge in [-0.3, -0.25) is 0 Å². The highest BCUT2D eigenvalue weighted by atomic mass is 16.4. The molecule has 1 aliphatic carbocycles. The highest BCUT2D eigenvalue weighted by Crippen LogP contribution is 2.46. The van der Waals surface area contributed by atoms with Crippen molar-refractivity contribution in [2.45, 2.75) is 32.2 Å². The van der Waals surface area contributed by atoms with Crippen LogP contribution in [0.5, 0.6) is 0 Å². The maximum Gasteiger partial charge on any atom is 0.326 e. The van der Waals surface area contributed by atoms with E-state index < -0.39 is 12.0 Å². The van der Waals surface area contributed by atoms with E-state index in [1.807, 2.05) is 0 Å². The second-order valence-corrected chi connectivity index (χ2v) is 5.29. The molecule has 3 atom stereocenters. The van der Waals surface area contributed by atoms with Crippen molar-refractivity contribution >= 4 is 11.7 Å². The van der Waals surface area contributed by atoms with Crippen LogP contribution >= 0.6 is 0 Å². The van der Waals surface area contributed by atoms with Gasteiger partial charge in [0.1, 0.15) is 6.04 Å². The third-order valence-corrected chi connectivity index (χ3v) is 4.33. The van der Waals surface area contributed by atoms with Gasteiger partial charge in [-0.05, 0) is 37.0 Å². The predicted octanol–water partition coefficient (Wildman–Crippen LogP) is 2.84. The number of carboxylic acid groups (broad SMARTS) is 1. The van der Waals surface area contributed by atoms with Crippen molar-refractivity contribution in [3.63, 3.8) is 0 Å². The summed E-state index contributed by atoms with van der Waals surface area (Å²) in [5, 5.41) is 12.6. The van der Waals surface area contributed by atoms with Gasteiger partial charge < -0.3 is 10.4 Å². The summed E-state index contributed by atoms with van der Waals surface area (Å²) in [5.41, 5.74) is 4.63. The van der Waals surface area contributed by atoms with Crippen LogP contribution in [0.1, 0.15) is 29.0 Å². The number of benzene rings is 1. The summed E-state index contributed by atoms with van der Waals surface area (Å²) in [6.07, 6.45) is 5.12. The van der Waals surface area contributed by atoms with Gasteiger partial charge in [-0.2, -0.15) is 0 Å². The lowest BCUT2D eigenvalue weighted by atomic mass is 9.78. The summed E-state index contributed by atoms with van der Waals surface area (Å²) in [5.74, 6) is -0.348. The molecule has 0 fully saturated rings. The zero-order chi connectivity index (χ0) is 12.9. The number of aryl methyl sites for hydroxylation is 1. The van der Waals surface area contributed by atoms with E-state index in [1.165, 1.54) is 11.1 Å². The molecule has 0 saturated heterocycles. The number of fused-ring (bicyclic) bond motifs is 3. The Bertz CT molecular complexity index is 548. The first kappa shape index (κ1) is 11.3. The number of hydrogen-bond acceptors (Lipinski definition) is 2. The third kappa shape index (κ3) is 1.47. The van der Waals surface area contributed by atoms with Crippen LogP contribution in [0.3, 0.4) is 0 Å². The normalized spacial score (nSPS) is 28.4. The second kappa shape index (κ2) is 3.87. The molecule has 3 heteroatoms. The van der Waals surface area contributed by atoms with E-state index in [1.54, 1.807) is 0 Å². The summed E-state index contributed by atoms with van der Waals surface area (Å²) in [4.78, 5) is 11.4. The van der Waals surface area contributed by atoms with Crippen molar-refractivity contribution in [3.05, 3.63) is 41.0 Å². The first-order chi connectivity index (χ1) is 8.59. The highest BCUT2D eigenvalue weighted by Gasteiger charge is 2.41. The van der Waals surface area contributed by atoms with E-state index in [-0.39, 0.29) is 11.8 Å². The summed E-state index contributed by atoms with van der Waals surface area (Å²) < 4.78 is 0. The number of carbonyl (C=O) groups is 1. The van der Waals surface area contributed by atoms with E-state index in [0.29, 0.717) is 0 Å². The molecule has 0 unspecified atom stereocenters. The van der Waals surface area contributed by atoms with Gasteiger partial charge in [-0.1, -0.05) is 24.3 Å². The largest absolute Gasteiger partial charge is 0.480 e. The van der Waals surface area contributed by atoms with E-state index in [0.717, 1.165) is 17.7 Å². The first-order valence-corrected chi connectivity index (χ1v) is 6.35. The van der Waals surface area contributed by atoms with Crippen LogP contribution in [0.15, 0.2) is 24.3 Å². The summed E-state index contributed by atoms with van der Waals surface area (Å²) in [6.45, 7) is 4.11. The number of hydrogen-bond donors (Lipinski definition) is 2. The lowest BCUT2D eigenvalue weighted by Gasteiger charge is -2.36. The molecule has 1 heterocycles. The van der Waals surface area contributed by atoms with Crippen molar-refractivity contribution in [2.24, 2.45) is 5.92 Å². The molecule has 1 aliphatic heterocycles. The minimum Gasteiger partial charge on any atom is -0.480 e. The van der Waals surface area contributed by atoms with Crippen LogP contribution in [0.4, 0.5) is 5.69 Å². The van der Waals surface area contributed by atoms with Crippen molar-refractivity contribution < 1.29 is 9.90 Å². The average Bonchev–Trinajstić information content (AvgIpc) is 2.81. The zero-order valence-corrected chi connectivity index (χ0v) is 10.6. The summed E-state index contributed by atoms with van der Waals surface area (Å²) in [6, 6.07) is 3.79. The van der Waals surface area contributed by atoms with Crippen molar-refractivity contribution in [1.29, 1.82) is 0 Å². The van der Waals surface area contributed by atoms with Crippen LogP contribution in [0, 0.1) is 19.8 Å². The molecule has 0 amide bonds. The Hall–Kier alpha value is -1.77. The molecule has 0 aromatic heterocycles. The molecule has 0 radical (unpaired) electrons. The fourth-order valence-electron chi connectivity index (χ4n) is 3.16. The minimum absolute atomic E-state index is 0.150. The molecule has 0 spiro atoms. The molecule has 2 aliphatic rings. The Morgan fingerprint density at radius 3 is 2.89 bits per heavy atom. The molecule has 0 saturated carbocycles. The standard InChI is InChI=1S/C15H17NO2/c1-8-6-7-12-10-4-3-5-11(10)14(15(17)18)16-13(12)9(8)2/h3-4,6-7,10-11,14,16H,5H2,1-2H3,(H,17,18)/t10-,11+,14-/m1/s1. The fraction of sp³-hybridized carbons (Fsp3) is 0.400. The van der Waals surface area contributed by atoms with E-state index in [2.05, 4.69) is 43.4 Å². The van der Waals surface area contributed by atoms with Gasteiger partial charge in [0.15, 0.2) is 0 Å². The molecular formula is C15H17NO2. The Morgan fingerprint density at radius 1 is 1.39 bits per heavy atom. The van der Waals surface area contributed by atoms with Gasteiger partial charge in [0, 0.05) is 17.5 Å². The Kier molecular flexibility index (Phi) is 2.44. The molecule has 3 rings (SSSR count). The Balaban J connectivity index is 2.14. The van der Waals surface area contributed by atoms with Crippen LogP contribution in [0.2, 0.25) is 0 Å². The van der Waals surface area contributed by atoms with Gasteiger partial charge in [0.05, 0.1) is 0 Å². The molecule has 18 heavy (non-hydrogen) atoms. The SMILES string of the molecule is Cc1ccc2c(c1C)N[C@@H](C(=O)O)[C@H]1CC=C[C@@H]21. The Labute approximate surface area is 107 Å².